The number of carbonyl (C=O) groups is 1. The van der Waals surface area contributed by atoms with Crippen LogP contribution in [0.25, 0.3) is 0 Å². The highest BCUT2D eigenvalue weighted by Gasteiger charge is 2.13. The molecule has 0 saturated heterocycles. The van der Waals surface area contributed by atoms with Gasteiger partial charge in [-0.2, -0.15) is 0 Å². The van der Waals surface area contributed by atoms with Crippen molar-refractivity contribution in [2.24, 2.45) is 12.8 Å². The summed E-state index contributed by atoms with van der Waals surface area (Å²) in [6.07, 6.45) is 4.21. The summed E-state index contributed by atoms with van der Waals surface area (Å²) in [7, 11) is 1.88. The number of ketones is 1. The second-order valence-electron chi connectivity index (χ2n) is 4.39. The summed E-state index contributed by atoms with van der Waals surface area (Å²) in [6, 6.07) is 9.44. The Bertz CT molecular complexity index is 519. The second kappa shape index (κ2) is 5.60. The molecule has 4 heteroatoms. The fourth-order valence-corrected chi connectivity index (χ4v) is 1.88. The van der Waals surface area contributed by atoms with Crippen LogP contribution in [0.4, 0.5) is 0 Å². The molecule has 4 nitrogen and oxygen atoms in total. The van der Waals surface area contributed by atoms with Gasteiger partial charge in [-0.25, -0.2) is 4.98 Å². The quantitative estimate of drug-likeness (QED) is 0.868. The lowest BCUT2D eigenvalue weighted by atomic mass is 10.0. The van der Waals surface area contributed by atoms with Crippen molar-refractivity contribution < 1.29 is 4.79 Å². The minimum absolute atomic E-state index is 0.112. The van der Waals surface area contributed by atoms with E-state index >= 15 is 0 Å². The Hall–Kier alpha value is -1.94. The maximum absolute atomic E-state index is 11.9. The Kier molecular flexibility index (Phi) is 3.89. The first-order valence-electron chi connectivity index (χ1n) is 5.95. The van der Waals surface area contributed by atoms with E-state index in [9.17, 15) is 4.79 Å². The highest BCUT2D eigenvalue weighted by molar-refractivity contribution is 5.80. The second-order valence-corrected chi connectivity index (χ2v) is 4.39. The molecule has 1 aromatic heterocycles. The summed E-state index contributed by atoms with van der Waals surface area (Å²) in [6.45, 7) is 0. The smallest absolute Gasteiger partial charge is 0.142 e. The standard InChI is InChI=1S/C14H17N3O/c1-17-8-7-16-14(17)10-12(18)9-13(15)11-5-3-2-4-6-11/h2-8,13H,9-10,15H2,1H3. The van der Waals surface area contributed by atoms with E-state index in [1.807, 2.05) is 48.1 Å². The number of hydrogen-bond donors (Lipinski definition) is 1. The van der Waals surface area contributed by atoms with Crippen LogP contribution in [0.5, 0.6) is 0 Å². The van der Waals surface area contributed by atoms with Crippen LogP contribution in [0.2, 0.25) is 0 Å². The molecule has 0 fully saturated rings. The van der Waals surface area contributed by atoms with E-state index < -0.39 is 0 Å². The van der Waals surface area contributed by atoms with Crippen molar-refractivity contribution in [1.29, 1.82) is 0 Å². The third-order valence-electron chi connectivity index (χ3n) is 2.95. The van der Waals surface area contributed by atoms with Gasteiger partial charge in [-0.05, 0) is 5.56 Å². The summed E-state index contributed by atoms with van der Waals surface area (Å²) < 4.78 is 1.85. The highest BCUT2D eigenvalue weighted by atomic mass is 16.1. The number of imidazole rings is 1. The Morgan fingerprint density at radius 1 is 1.39 bits per heavy atom. The van der Waals surface area contributed by atoms with Gasteiger partial charge in [-0.3, -0.25) is 4.79 Å². The van der Waals surface area contributed by atoms with Gasteiger partial charge in [0.1, 0.15) is 11.6 Å². The van der Waals surface area contributed by atoms with Crippen molar-refractivity contribution in [2.75, 3.05) is 0 Å². The minimum Gasteiger partial charge on any atom is -0.338 e. The predicted octanol–water partition coefficient (Wildman–Crippen LogP) is 1.62. The first-order valence-corrected chi connectivity index (χ1v) is 5.95. The molecular formula is C14H17N3O. The third-order valence-corrected chi connectivity index (χ3v) is 2.95. The molecule has 0 aliphatic heterocycles. The average Bonchev–Trinajstić information content (AvgIpc) is 2.76. The van der Waals surface area contributed by atoms with E-state index in [4.69, 9.17) is 5.73 Å². The first-order chi connectivity index (χ1) is 8.66. The van der Waals surface area contributed by atoms with Crippen molar-refractivity contribution in [2.45, 2.75) is 18.9 Å². The molecule has 0 bridgehead atoms. The lowest BCUT2D eigenvalue weighted by Gasteiger charge is -2.10. The molecule has 2 aromatic rings. The first kappa shape index (κ1) is 12.5. The van der Waals surface area contributed by atoms with Crippen molar-refractivity contribution in [3.63, 3.8) is 0 Å². The van der Waals surface area contributed by atoms with Crippen LogP contribution < -0.4 is 5.73 Å². The molecule has 0 aliphatic rings. The van der Waals surface area contributed by atoms with E-state index in [1.165, 1.54) is 0 Å². The fraction of sp³-hybridized carbons (Fsp3) is 0.286. The summed E-state index contributed by atoms with van der Waals surface area (Å²) in [5.41, 5.74) is 7.01. The zero-order valence-electron chi connectivity index (χ0n) is 10.4. The van der Waals surface area contributed by atoms with Gasteiger partial charge in [0.2, 0.25) is 0 Å². The lowest BCUT2D eigenvalue weighted by Crippen LogP contribution is -2.17. The van der Waals surface area contributed by atoms with E-state index in [1.54, 1.807) is 6.20 Å². The lowest BCUT2D eigenvalue weighted by molar-refractivity contribution is -0.118. The molecule has 0 saturated carbocycles. The van der Waals surface area contributed by atoms with Crippen LogP contribution in [0.1, 0.15) is 23.9 Å². The molecule has 1 unspecified atom stereocenters. The SMILES string of the molecule is Cn1ccnc1CC(=O)CC(N)c1ccccc1. The van der Waals surface area contributed by atoms with Gasteiger partial charge in [0.05, 0.1) is 6.42 Å². The topological polar surface area (TPSA) is 60.9 Å². The molecule has 1 heterocycles. The molecule has 2 rings (SSSR count). The zero-order chi connectivity index (χ0) is 13.0. The van der Waals surface area contributed by atoms with E-state index in [2.05, 4.69) is 4.98 Å². The number of nitrogens with zero attached hydrogens (tertiary/aromatic N) is 2. The van der Waals surface area contributed by atoms with Crippen LogP contribution in [0, 0.1) is 0 Å². The van der Waals surface area contributed by atoms with Crippen molar-refractivity contribution in [3.05, 3.63) is 54.1 Å². The van der Waals surface area contributed by atoms with Gasteiger partial charge in [0.25, 0.3) is 0 Å². The number of hydrogen-bond acceptors (Lipinski definition) is 3. The van der Waals surface area contributed by atoms with Crippen LogP contribution in [0.3, 0.4) is 0 Å². The van der Waals surface area contributed by atoms with Gasteiger partial charge in [-0.1, -0.05) is 30.3 Å². The van der Waals surface area contributed by atoms with Gasteiger partial charge in [0, 0.05) is 31.9 Å². The van der Waals surface area contributed by atoms with Crippen molar-refractivity contribution in [3.8, 4) is 0 Å². The molecule has 1 atom stereocenters. The van der Waals surface area contributed by atoms with Crippen LogP contribution in [-0.2, 0) is 18.3 Å². The molecule has 0 spiro atoms. The number of aryl methyl sites for hydroxylation is 1. The Morgan fingerprint density at radius 2 is 2.11 bits per heavy atom. The Labute approximate surface area is 106 Å². The number of aromatic nitrogens is 2. The van der Waals surface area contributed by atoms with Crippen molar-refractivity contribution >= 4 is 5.78 Å². The Balaban J connectivity index is 1.94. The van der Waals surface area contributed by atoms with Gasteiger partial charge >= 0.3 is 0 Å². The van der Waals surface area contributed by atoms with Crippen LogP contribution in [-0.4, -0.2) is 15.3 Å². The molecule has 2 N–H and O–H groups in total. The molecule has 0 aliphatic carbocycles. The number of benzene rings is 1. The number of Topliss-reactive ketones (excluding diaryl/α,β-unsaturated/α-hetero) is 1. The minimum atomic E-state index is -0.237. The summed E-state index contributed by atoms with van der Waals surface area (Å²) in [4.78, 5) is 16.1. The van der Waals surface area contributed by atoms with Crippen molar-refractivity contribution in [1.82, 2.24) is 9.55 Å². The summed E-state index contributed by atoms with van der Waals surface area (Å²) in [5.74, 6) is 0.890. The normalized spacial score (nSPS) is 12.3. The molecular weight excluding hydrogens is 226 g/mol. The Morgan fingerprint density at radius 3 is 2.72 bits per heavy atom. The fourth-order valence-electron chi connectivity index (χ4n) is 1.88. The maximum atomic E-state index is 11.9. The predicted molar refractivity (Wildman–Crippen MR) is 69.9 cm³/mol. The van der Waals surface area contributed by atoms with E-state index in [-0.39, 0.29) is 11.8 Å². The summed E-state index contributed by atoms with van der Waals surface area (Å²) in [5, 5.41) is 0. The zero-order valence-corrected chi connectivity index (χ0v) is 10.4. The molecule has 18 heavy (non-hydrogen) atoms. The summed E-state index contributed by atoms with van der Waals surface area (Å²) >= 11 is 0. The molecule has 1 aromatic carbocycles. The molecule has 0 amide bonds. The van der Waals surface area contributed by atoms with E-state index in [0.29, 0.717) is 12.8 Å². The highest BCUT2D eigenvalue weighted by Crippen LogP contribution is 2.14. The monoisotopic (exact) mass is 243 g/mol. The van der Waals surface area contributed by atoms with Crippen LogP contribution >= 0.6 is 0 Å². The number of carbonyl (C=O) groups excluding carboxylic acids is 1. The number of nitrogens with two attached hydrogens (primary N) is 1. The van der Waals surface area contributed by atoms with E-state index in [0.717, 1.165) is 11.4 Å². The van der Waals surface area contributed by atoms with Gasteiger partial charge in [-0.15, -0.1) is 0 Å². The molecule has 94 valence electrons. The van der Waals surface area contributed by atoms with Gasteiger partial charge in [0.15, 0.2) is 0 Å². The average molecular weight is 243 g/mol. The molecule has 0 radical (unpaired) electrons. The number of rotatable bonds is 5. The third kappa shape index (κ3) is 3.05. The maximum Gasteiger partial charge on any atom is 0.142 e. The van der Waals surface area contributed by atoms with Crippen LogP contribution in [0.15, 0.2) is 42.7 Å². The largest absolute Gasteiger partial charge is 0.338 e. The van der Waals surface area contributed by atoms with Gasteiger partial charge < -0.3 is 10.3 Å².